The maximum atomic E-state index is 15.3. The van der Waals surface area contributed by atoms with E-state index in [0.29, 0.717) is 61.6 Å². The van der Waals surface area contributed by atoms with Crippen molar-refractivity contribution in [1.82, 2.24) is 29.5 Å². The van der Waals surface area contributed by atoms with Crippen LogP contribution >= 0.6 is 22.7 Å². The molecule has 4 aromatic carbocycles. The number of quaternary nitrogens is 1. The minimum absolute atomic E-state index is 0.0798. The number of thiazole rings is 2. The highest BCUT2D eigenvalue weighted by atomic mass is 32.1. The summed E-state index contributed by atoms with van der Waals surface area (Å²) in [5.74, 6) is 6.29. The fourth-order valence-electron chi connectivity index (χ4n) is 11.2. The van der Waals surface area contributed by atoms with Crippen LogP contribution in [0.4, 0.5) is 21.2 Å². The monoisotopic (exact) mass is 1200 g/mol. The van der Waals surface area contributed by atoms with Gasteiger partial charge >= 0.3 is 5.97 Å². The van der Waals surface area contributed by atoms with E-state index < -0.39 is 28.2 Å². The Bertz CT molecular complexity index is 3380. The smallest absolute Gasteiger partial charge is 0.357 e. The van der Waals surface area contributed by atoms with Crippen molar-refractivity contribution < 1.29 is 32.3 Å². The van der Waals surface area contributed by atoms with Gasteiger partial charge in [0.25, 0.3) is 8.32 Å². The molecule has 3 fully saturated rings. The highest BCUT2D eigenvalue weighted by molar-refractivity contribution is 7.16. The predicted octanol–water partition coefficient (Wildman–Crippen LogP) is 10.7. The van der Waals surface area contributed by atoms with Crippen LogP contribution in [0, 0.1) is 24.6 Å². The second-order valence-corrected chi connectivity index (χ2v) is 36.5. The van der Waals surface area contributed by atoms with Crippen molar-refractivity contribution >= 4 is 82.4 Å². The lowest BCUT2D eigenvalue weighted by Crippen LogP contribution is -2.71. The first-order valence-electron chi connectivity index (χ1n) is 29.2. The van der Waals surface area contributed by atoms with E-state index in [1.54, 1.807) is 23.5 Å². The molecule has 0 aliphatic carbocycles. The molecule has 10 rings (SSSR count). The Morgan fingerprint density at radius 1 is 0.880 bits per heavy atom. The summed E-state index contributed by atoms with van der Waals surface area (Å²) in [4.78, 5) is 32.1. The first-order valence-corrected chi connectivity index (χ1v) is 36.4. The standard InChI is InChI=1S/C64H83FN9O5S2Si2/c1-48-44-58(68-69-60(48)67-63-73(47-77-42-43-82(8,9)10)54-28-17-18-29-56(54)80-63)72(62-66-59(61(75)76-7)57(81-62)30-21-41-78-55-32-31-49(45-53(55)65)22-19-33-70(5)6)34-20-23-50(46-74-38-35-71(36-39-74)37-40-74)79-83(64(2,3)4,51-24-13-11-14-25-51)52-26-15-12-16-27-52/h11-18,24-29,31-32,44-45,50H,20-21,23,30,33-43,46-47H2,1-10H3/q+1. The molecule has 14 nitrogen and oxygen atoms in total. The van der Waals surface area contributed by atoms with Crippen molar-refractivity contribution in [3.63, 3.8) is 0 Å². The van der Waals surface area contributed by atoms with Gasteiger partial charge in [0.1, 0.15) is 13.3 Å². The van der Waals surface area contributed by atoms with Gasteiger partial charge in [-0.1, -0.05) is 136 Å². The van der Waals surface area contributed by atoms with Gasteiger partial charge in [0.05, 0.1) is 56.2 Å². The number of anilines is 2. The topological polar surface area (TPSA) is 120 Å². The molecule has 3 saturated heterocycles. The van der Waals surface area contributed by atoms with Gasteiger partial charge in [-0.15, -0.1) is 21.5 Å². The molecule has 19 heteroatoms. The predicted molar refractivity (Wildman–Crippen MR) is 340 cm³/mol. The number of benzene rings is 4. The molecule has 3 aliphatic rings. The van der Waals surface area contributed by atoms with Gasteiger partial charge < -0.3 is 28.0 Å². The minimum Gasteiger partial charge on any atom is -0.491 e. The number of ether oxygens (including phenoxy) is 3. The number of aryl methyl sites for hydroxylation is 2. The van der Waals surface area contributed by atoms with Crippen molar-refractivity contribution in [1.29, 1.82) is 0 Å². The SMILES string of the molecule is COC(=O)c1nc(N(CCCC(C[N+]23CCN(CC2)CC3)O[Si](c2ccccc2)(c2ccccc2)C(C)(C)C)c2cc(C)c(N=c3sc4ccccc4n3COCC[Si](C)(C)C)nn2)sc1CCCOc1ccc(C#CCN(C)C)cc1F. The lowest BCUT2D eigenvalue weighted by Gasteiger charge is -2.53. The Kier molecular flexibility index (Phi) is 20.4. The van der Waals surface area contributed by atoms with Crippen LogP contribution in [0.2, 0.25) is 30.7 Å². The average molecular weight is 1200 g/mol. The Morgan fingerprint density at radius 2 is 1.57 bits per heavy atom. The third-order valence-corrected chi connectivity index (χ3v) is 24.8. The van der Waals surface area contributed by atoms with Gasteiger partial charge in [-0.2, -0.15) is 4.99 Å². The molecule has 3 aromatic heterocycles. The van der Waals surface area contributed by atoms with E-state index in [4.69, 9.17) is 38.8 Å². The number of nitrogens with zero attached hydrogens (tertiary/aromatic N) is 9. The van der Waals surface area contributed by atoms with Crippen LogP contribution < -0.4 is 24.8 Å². The number of carbonyl (C=O) groups excluding carboxylic acids is 1. The van der Waals surface area contributed by atoms with E-state index in [1.165, 1.54) is 34.9 Å². The van der Waals surface area contributed by atoms with Gasteiger partial charge in [-0.25, -0.2) is 14.2 Å². The molecule has 2 bridgehead atoms. The lowest BCUT2D eigenvalue weighted by molar-refractivity contribution is -0.943. The van der Waals surface area contributed by atoms with Gasteiger partial charge in [0.2, 0.25) is 0 Å². The van der Waals surface area contributed by atoms with E-state index >= 15 is 4.39 Å². The third kappa shape index (κ3) is 15.3. The fraction of sp³-hybridized carbons (Fsp3) is 0.453. The zero-order valence-corrected chi connectivity index (χ0v) is 53.9. The summed E-state index contributed by atoms with van der Waals surface area (Å²) >= 11 is 3.03. The van der Waals surface area contributed by atoms with Crippen molar-refractivity contribution in [2.75, 3.05) is 98.2 Å². The average Bonchev–Trinajstić information content (AvgIpc) is 4.02. The summed E-state index contributed by atoms with van der Waals surface area (Å²) < 4.78 is 45.3. The van der Waals surface area contributed by atoms with E-state index in [-0.39, 0.29) is 29.2 Å². The molecule has 6 heterocycles. The molecule has 1 unspecified atom stereocenters. The number of fused-ring (bicyclic) bond motifs is 4. The number of hydrogen-bond donors (Lipinski definition) is 0. The van der Waals surface area contributed by atoms with Crippen LogP contribution in [0.5, 0.6) is 5.75 Å². The molecule has 0 radical (unpaired) electrons. The summed E-state index contributed by atoms with van der Waals surface area (Å²) in [6.45, 7) is 26.1. The molecule has 1 atom stereocenters. The van der Waals surface area contributed by atoms with Gasteiger partial charge in [0.15, 0.2) is 38.8 Å². The number of aromatic nitrogens is 4. The zero-order valence-electron chi connectivity index (χ0n) is 50.3. The zero-order chi connectivity index (χ0) is 58.8. The van der Waals surface area contributed by atoms with Crippen LogP contribution in [0.3, 0.4) is 0 Å². The maximum absolute atomic E-state index is 15.3. The molecule has 0 saturated carbocycles. The second-order valence-electron chi connectivity index (χ2n) is 24.6. The molecule has 440 valence electrons. The van der Waals surface area contributed by atoms with Crippen molar-refractivity contribution in [2.24, 2.45) is 4.99 Å². The first kappa shape index (κ1) is 61.6. The molecule has 0 spiro atoms. The number of hydrogen-bond acceptors (Lipinski definition) is 14. The summed E-state index contributed by atoms with van der Waals surface area (Å²) in [6, 6.07) is 38.1. The largest absolute Gasteiger partial charge is 0.491 e. The maximum Gasteiger partial charge on any atom is 0.357 e. The summed E-state index contributed by atoms with van der Waals surface area (Å²) in [5, 5.41) is 12.7. The second kappa shape index (κ2) is 27.4. The van der Waals surface area contributed by atoms with Gasteiger partial charge in [-0.05, 0) is 110 Å². The molecule has 0 amide bonds. The minimum atomic E-state index is -2.96. The van der Waals surface area contributed by atoms with Crippen molar-refractivity contribution in [2.45, 2.75) is 96.9 Å². The Balaban J connectivity index is 1.05. The molecule has 3 aliphatic heterocycles. The van der Waals surface area contributed by atoms with E-state index in [2.05, 4.69) is 139 Å². The van der Waals surface area contributed by atoms with Crippen molar-refractivity contribution in [3.8, 4) is 17.6 Å². The third-order valence-electron chi connectivity index (χ3n) is 15.8. The van der Waals surface area contributed by atoms with Crippen LogP contribution in [0.15, 0.2) is 114 Å². The molecule has 83 heavy (non-hydrogen) atoms. The lowest BCUT2D eigenvalue weighted by atomic mass is 10.1. The van der Waals surface area contributed by atoms with Gasteiger partial charge in [-0.3, -0.25) is 14.4 Å². The van der Waals surface area contributed by atoms with Crippen molar-refractivity contribution in [3.05, 3.63) is 142 Å². The highest BCUT2D eigenvalue weighted by Crippen LogP contribution is 2.40. The van der Waals surface area contributed by atoms with Crippen LogP contribution in [0.1, 0.15) is 66.5 Å². The van der Waals surface area contributed by atoms with Crippen LogP contribution in [0.25, 0.3) is 10.2 Å². The number of para-hydroxylation sites is 1. The number of piperazine rings is 3. The summed E-state index contributed by atoms with van der Waals surface area (Å²) in [7, 11) is 0.997. The van der Waals surface area contributed by atoms with Crippen LogP contribution in [-0.2, 0) is 27.1 Å². The normalized spacial score (nSPS) is 17.0. The van der Waals surface area contributed by atoms with E-state index in [1.807, 2.05) is 44.1 Å². The molecule has 7 aromatic rings. The quantitative estimate of drug-likeness (QED) is 0.0179. The van der Waals surface area contributed by atoms with E-state index in [9.17, 15) is 4.79 Å². The van der Waals surface area contributed by atoms with Crippen LogP contribution in [-0.4, -0.2) is 156 Å². The number of halogens is 1. The Hall–Kier alpha value is -5.93. The molecular weight excluding hydrogens is 1110 g/mol. The summed E-state index contributed by atoms with van der Waals surface area (Å²) in [6.07, 6.45) is 2.35. The highest BCUT2D eigenvalue weighted by Gasteiger charge is 2.53. The fourth-order valence-corrected chi connectivity index (χ4v) is 18.8. The Morgan fingerprint density at radius 3 is 2.20 bits per heavy atom. The van der Waals surface area contributed by atoms with Gasteiger partial charge in [0, 0.05) is 51.3 Å². The number of carbonyl (C=O) groups is 1. The number of methoxy groups -OCH3 is 1. The Labute approximate surface area is 500 Å². The number of rotatable bonds is 25. The van der Waals surface area contributed by atoms with E-state index in [0.717, 1.165) is 94.6 Å². The first-order chi connectivity index (χ1) is 39.8. The summed E-state index contributed by atoms with van der Waals surface area (Å²) in [5.41, 5.74) is 2.70. The number of esters is 1. The molecule has 0 N–H and O–H groups in total. The molecular formula is C64H83FN9O5S2Si2+.